The summed E-state index contributed by atoms with van der Waals surface area (Å²) in [6.07, 6.45) is 4.15. The van der Waals surface area contributed by atoms with Crippen LogP contribution in [0.3, 0.4) is 0 Å². The van der Waals surface area contributed by atoms with Crippen molar-refractivity contribution in [2.24, 2.45) is 4.99 Å². The molecule has 2 N–H and O–H groups in total. The molecule has 3 rings (SSSR count). The van der Waals surface area contributed by atoms with E-state index in [0.29, 0.717) is 32.7 Å². The quantitative estimate of drug-likeness (QED) is 0.337. The van der Waals surface area contributed by atoms with E-state index in [1.807, 2.05) is 29.2 Å². The minimum Gasteiger partial charge on any atom is -0.467 e. The normalized spacial score (nSPS) is 14.4. The molecular formula is C23H32N4O3. The van der Waals surface area contributed by atoms with Crippen LogP contribution in [0.5, 0.6) is 0 Å². The standard InChI is InChI=1S/C23H32N4O3/c1-2-24-23(25-12-7-14-29-18-21-10-6-15-30-21)26-16-19-8-3-4-9-20(19)17-27-13-5-11-22(27)28/h3-4,6,8-10,15H,2,5,7,11-14,16-18H2,1H3,(H2,24,25,26). The van der Waals surface area contributed by atoms with E-state index in [-0.39, 0.29) is 5.91 Å². The van der Waals surface area contributed by atoms with Gasteiger partial charge in [0.05, 0.1) is 12.8 Å². The van der Waals surface area contributed by atoms with E-state index in [2.05, 4.69) is 29.7 Å². The lowest BCUT2D eigenvalue weighted by atomic mass is 10.1. The van der Waals surface area contributed by atoms with Gasteiger partial charge in [-0.3, -0.25) is 4.79 Å². The lowest BCUT2D eigenvalue weighted by Gasteiger charge is -2.18. The van der Waals surface area contributed by atoms with Gasteiger partial charge >= 0.3 is 0 Å². The van der Waals surface area contributed by atoms with Crippen LogP contribution in [0.2, 0.25) is 0 Å². The number of benzene rings is 1. The third kappa shape index (κ3) is 6.91. The number of nitrogens with zero attached hydrogens (tertiary/aromatic N) is 2. The number of carbonyl (C=O) groups excluding carboxylic acids is 1. The van der Waals surface area contributed by atoms with Crippen LogP contribution in [0.15, 0.2) is 52.1 Å². The van der Waals surface area contributed by atoms with Gasteiger partial charge in [-0.05, 0) is 43.0 Å². The summed E-state index contributed by atoms with van der Waals surface area (Å²) in [5, 5.41) is 6.64. The molecular weight excluding hydrogens is 380 g/mol. The zero-order valence-corrected chi connectivity index (χ0v) is 17.7. The number of likely N-dealkylation sites (tertiary alicyclic amines) is 1. The number of amides is 1. The van der Waals surface area contributed by atoms with E-state index >= 15 is 0 Å². The van der Waals surface area contributed by atoms with E-state index in [1.54, 1.807) is 6.26 Å². The van der Waals surface area contributed by atoms with E-state index in [1.165, 1.54) is 5.56 Å². The number of guanidine groups is 1. The van der Waals surface area contributed by atoms with Gasteiger partial charge in [0.25, 0.3) is 0 Å². The SMILES string of the molecule is CCNC(=NCc1ccccc1CN1CCCC1=O)NCCCOCc1ccco1. The first-order valence-corrected chi connectivity index (χ1v) is 10.7. The summed E-state index contributed by atoms with van der Waals surface area (Å²) in [6.45, 7) is 6.86. The Morgan fingerprint density at radius 2 is 2.07 bits per heavy atom. The second-order valence-electron chi connectivity index (χ2n) is 7.30. The first-order chi connectivity index (χ1) is 14.8. The molecule has 7 heteroatoms. The van der Waals surface area contributed by atoms with Crippen molar-refractivity contribution in [3.05, 3.63) is 59.5 Å². The minimum absolute atomic E-state index is 0.248. The number of carbonyl (C=O) groups is 1. The van der Waals surface area contributed by atoms with Crippen LogP contribution < -0.4 is 10.6 Å². The predicted molar refractivity (Wildman–Crippen MR) is 117 cm³/mol. The highest BCUT2D eigenvalue weighted by Gasteiger charge is 2.20. The third-order valence-corrected chi connectivity index (χ3v) is 4.99. The predicted octanol–water partition coefficient (Wildman–Crippen LogP) is 3.06. The van der Waals surface area contributed by atoms with Gasteiger partial charge in [0.15, 0.2) is 5.96 Å². The highest BCUT2D eigenvalue weighted by atomic mass is 16.5. The smallest absolute Gasteiger partial charge is 0.222 e. The number of hydrogen-bond donors (Lipinski definition) is 2. The monoisotopic (exact) mass is 412 g/mol. The Morgan fingerprint density at radius 1 is 1.20 bits per heavy atom. The summed E-state index contributed by atoms with van der Waals surface area (Å²) >= 11 is 0. The lowest BCUT2D eigenvalue weighted by molar-refractivity contribution is -0.128. The van der Waals surface area contributed by atoms with Crippen LogP contribution in [0.1, 0.15) is 43.1 Å². The Morgan fingerprint density at radius 3 is 2.80 bits per heavy atom. The number of furan rings is 1. The highest BCUT2D eigenvalue weighted by molar-refractivity contribution is 5.79. The van der Waals surface area contributed by atoms with Crippen molar-refractivity contribution in [1.29, 1.82) is 0 Å². The molecule has 1 amide bonds. The average Bonchev–Trinajstić information content (AvgIpc) is 3.41. The van der Waals surface area contributed by atoms with Gasteiger partial charge in [-0.2, -0.15) is 0 Å². The number of nitrogens with one attached hydrogen (secondary N) is 2. The molecule has 2 aromatic rings. The molecule has 1 fully saturated rings. The van der Waals surface area contributed by atoms with Crippen molar-refractivity contribution in [3.63, 3.8) is 0 Å². The van der Waals surface area contributed by atoms with Gasteiger partial charge in [-0.25, -0.2) is 4.99 Å². The zero-order valence-electron chi connectivity index (χ0n) is 17.7. The second kappa shape index (κ2) is 12.0. The van der Waals surface area contributed by atoms with Crippen molar-refractivity contribution in [1.82, 2.24) is 15.5 Å². The molecule has 1 aliphatic heterocycles. The molecule has 0 unspecified atom stereocenters. The number of ether oxygens (including phenoxy) is 1. The molecule has 162 valence electrons. The van der Waals surface area contributed by atoms with Crippen LogP contribution >= 0.6 is 0 Å². The first-order valence-electron chi connectivity index (χ1n) is 10.7. The molecule has 0 radical (unpaired) electrons. The number of rotatable bonds is 11. The Kier molecular flexibility index (Phi) is 8.78. The van der Waals surface area contributed by atoms with Crippen molar-refractivity contribution in [2.45, 2.75) is 45.9 Å². The zero-order chi connectivity index (χ0) is 21.0. The molecule has 1 aromatic heterocycles. The van der Waals surface area contributed by atoms with Crippen LogP contribution in [-0.4, -0.2) is 43.0 Å². The van der Waals surface area contributed by atoms with Gasteiger partial charge in [-0.1, -0.05) is 24.3 Å². The summed E-state index contributed by atoms with van der Waals surface area (Å²) in [5.41, 5.74) is 2.31. The maximum absolute atomic E-state index is 12.0. The molecule has 1 aliphatic rings. The van der Waals surface area contributed by atoms with Crippen LogP contribution in [0.4, 0.5) is 0 Å². The summed E-state index contributed by atoms with van der Waals surface area (Å²) in [5.74, 6) is 1.88. The largest absolute Gasteiger partial charge is 0.467 e. The van der Waals surface area contributed by atoms with E-state index in [9.17, 15) is 4.79 Å². The topological polar surface area (TPSA) is 79.1 Å². The summed E-state index contributed by atoms with van der Waals surface area (Å²) in [6, 6.07) is 12.0. The maximum Gasteiger partial charge on any atom is 0.222 e. The van der Waals surface area contributed by atoms with Crippen LogP contribution in [0, 0.1) is 0 Å². The van der Waals surface area contributed by atoms with Gasteiger partial charge < -0.3 is 24.7 Å². The Bertz CT molecular complexity index is 805. The van der Waals surface area contributed by atoms with E-state index in [4.69, 9.17) is 14.1 Å². The highest BCUT2D eigenvalue weighted by Crippen LogP contribution is 2.17. The van der Waals surface area contributed by atoms with Crippen molar-refractivity contribution in [2.75, 3.05) is 26.2 Å². The molecule has 0 spiro atoms. The fourth-order valence-electron chi connectivity index (χ4n) is 3.40. The molecule has 2 heterocycles. The van der Waals surface area contributed by atoms with Gasteiger partial charge in [0.1, 0.15) is 12.4 Å². The van der Waals surface area contributed by atoms with Crippen molar-refractivity contribution < 1.29 is 13.9 Å². The van der Waals surface area contributed by atoms with Gasteiger partial charge in [0.2, 0.25) is 5.91 Å². The molecule has 1 saturated heterocycles. The fourth-order valence-corrected chi connectivity index (χ4v) is 3.40. The number of aliphatic imine (C=N–C) groups is 1. The summed E-state index contributed by atoms with van der Waals surface area (Å²) in [4.78, 5) is 18.6. The Hall–Kier alpha value is -2.80. The second-order valence-corrected chi connectivity index (χ2v) is 7.30. The van der Waals surface area contributed by atoms with Gasteiger partial charge in [-0.15, -0.1) is 0 Å². The Balaban J connectivity index is 1.46. The van der Waals surface area contributed by atoms with Crippen molar-refractivity contribution >= 4 is 11.9 Å². The fraction of sp³-hybridized carbons (Fsp3) is 0.478. The molecule has 7 nitrogen and oxygen atoms in total. The van der Waals surface area contributed by atoms with Crippen molar-refractivity contribution in [3.8, 4) is 0 Å². The molecule has 30 heavy (non-hydrogen) atoms. The maximum atomic E-state index is 12.0. The summed E-state index contributed by atoms with van der Waals surface area (Å²) in [7, 11) is 0. The van der Waals surface area contributed by atoms with Crippen LogP contribution in [-0.2, 0) is 29.2 Å². The van der Waals surface area contributed by atoms with Gasteiger partial charge in [0, 0.05) is 39.2 Å². The Labute approximate surface area is 178 Å². The molecule has 0 bridgehead atoms. The molecule has 0 atom stereocenters. The lowest BCUT2D eigenvalue weighted by Crippen LogP contribution is -2.38. The summed E-state index contributed by atoms with van der Waals surface area (Å²) < 4.78 is 10.9. The van der Waals surface area contributed by atoms with E-state index in [0.717, 1.165) is 49.8 Å². The molecule has 1 aromatic carbocycles. The first kappa shape index (κ1) is 21.9. The number of hydrogen-bond acceptors (Lipinski definition) is 4. The average molecular weight is 413 g/mol. The van der Waals surface area contributed by atoms with E-state index < -0.39 is 0 Å². The van der Waals surface area contributed by atoms with Crippen LogP contribution in [0.25, 0.3) is 0 Å². The molecule has 0 aliphatic carbocycles. The third-order valence-electron chi connectivity index (χ3n) is 4.99. The molecule has 0 saturated carbocycles. The minimum atomic E-state index is 0.248.